The van der Waals surface area contributed by atoms with Crippen molar-refractivity contribution in [3.05, 3.63) is 0 Å². The van der Waals surface area contributed by atoms with Gasteiger partial charge in [0.25, 0.3) is 0 Å². The summed E-state index contributed by atoms with van der Waals surface area (Å²) in [5.74, 6) is 0. The molecule has 0 saturated heterocycles. The zero-order chi connectivity index (χ0) is 5.91. The first-order chi connectivity index (χ1) is 3.12. The van der Waals surface area contributed by atoms with E-state index >= 15 is 0 Å². The molecule has 0 aromatic rings. The molecule has 0 amide bonds. The number of rotatable bonds is 2. The van der Waals surface area contributed by atoms with E-state index in [1.165, 1.54) is 0 Å². The van der Waals surface area contributed by atoms with Crippen LogP contribution in [0.4, 0.5) is 0 Å². The Morgan fingerprint density at radius 2 is 1.22 bits per heavy atom. The second kappa shape index (κ2) is 7.44. The van der Waals surface area contributed by atoms with Gasteiger partial charge in [-0.15, -0.1) is 0 Å². The molecule has 0 heterocycles. The zero-order valence-corrected chi connectivity index (χ0v) is 7.73. The van der Waals surface area contributed by atoms with Gasteiger partial charge >= 0.3 is 37.7 Å². The molecule has 0 aliphatic heterocycles. The van der Waals surface area contributed by atoms with Gasteiger partial charge in [-0.1, -0.05) is 25.9 Å². The van der Waals surface area contributed by atoms with E-state index in [0.717, 1.165) is 0 Å². The van der Waals surface area contributed by atoms with E-state index in [2.05, 4.69) is 0 Å². The first-order valence-corrected chi connectivity index (χ1v) is 4.76. The Morgan fingerprint density at radius 1 is 1.00 bits per heavy atom. The van der Waals surface area contributed by atoms with Crippen molar-refractivity contribution in [1.82, 2.24) is 0 Å². The Kier molecular flexibility index (Phi) is 13.8. The predicted molar refractivity (Wildman–Crippen MR) is 26.7 cm³/mol. The first kappa shape index (κ1) is 16.7. The predicted octanol–water partition coefficient (Wildman–Crippen LogP) is -6.80. The smallest absolute Gasteiger partial charge is 0.870 e. The monoisotopic (exact) mass is 132 g/mol. The number of hydrogen-bond donors (Lipinski definition) is 0. The second-order valence-corrected chi connectivity index (χ2v) is 4.85. The zero-order valence-electron chi connectivity index (χ0n) is 6.73. The van der Waals surface area contributed by atoms with Crippen LogP contribution in [0.3, 0.4) is 0 Å². The third-order valence-electron chi connectivity index (χ3n) is 1.08. The molecular weight excluding hydrogens is 122 g/mol. The summed E-state index contributed by atoms with van der Waals surface area (Å²) in [4.78, 5) is 20.8. The van der Waals surface area contributed by atoms with E-state index in [4.69, 9.17) is 0 Å². The minimum absolute atomic E-state index is 0. The first-order valence-electron chi connectivity index (χ1n) is 2.53. The minimum atomic E-state index is -3.15. The van der Waals surface area contributed by atoms with Gasteiger partial charge in [-0.2, -0.15) is 8.56 Å². The third kappa shape index (κ3) is 9.33. The molecule has 0 rings (SSSR count). The Bertz CT molecular complexity index is 54.5. The van der Waals surface area contributed by atoms with Gasteiger partial charge in [-0.3, -0.25) is 0 Å². The maximum absolute atomic E-state index is 10.4. The van der Waals surface area contributed by atoms with Crippen LogP contribution in [-0.2, 0) is 0 Å². The van der Waals surface area contributed by atoms with Crippen LogP contribution in [0.5, 0.6) is 0 Å². The largest absolute Gasteiger partial charge is 1.00 e. The van der Waals surface area contributed by atoms with Crippen LogP contribution in [-0.4, -0.2) is 8.56 Å². The van der Waals surface area contributed by atoms with Crippen molar-refractivity contribution in [2.75, 3.05) is 0 Å². The van der Waals surface area contributed by atoms with Crippen molar-refractivity contribution >= 4 is 8.56 Å². The second-order valence-electron chi connectivity index (χ2n) is 1.62. The summed E-state index contributed by atoms with van der Waals surface area (Å²) in [6.45, 7) is 3.35. The summed E-state index contributed by atoms with van der Waals surface area (Å²) in [6.07, 6.45) is 0. The average Bonchev–Trinajstić information content (AvgIpc) is 1.68. The van der Waals surface area contributed by atoms with Crippen molar-refractivity contribution in [2.24, 2.45) is 0 Å². The molecule has 0 aliphatic carbocycles. The molecule has 5 heteroatoms. The maximum Gasteiger partial charge on any atom is 1.00 e. The fraction of sp³-hybridized carbons (Fsp3) is 1.00. The van der Waals surface area contributed by atoms with Gasteiger partial charge in [-0.25, -0.2) is 0 Å². The Morgan fingerprint density at radius 3 is 1.22 bits per heavy atom. The summed E-state index contributed by atoms with van der Waals surface area (Å²) in [6, 6.07) is 0.646. The van der Waals surface area contributed by atoms with E-state index < -0.39 is 8.56 Å². The van der Waals surface area contributed by atoms with Gasteiger partial charge < -0.3 is 9.59 Å². The summed E-state index contributed by atoms with van der Waals surface area (Å²) in [7, 11) is -3.15. The van der Waals surface area contributed by atoms with Gasteiger partial charge in [0.2, 0.25) is 0 Å². The average molecular weight is 132 g/mol. The molecule has 0 radical (unpaired) electrons. The fourth-order valence-corrected chi connectivity index (χ4v) is 0.750. The third-order valence-corrected chi connectivity index (χ3v) is 3.23. The summed E-state index contributed by atoms with van der Waals surface area (Å²) >= 11 is 0. The van der Waals surface area contributed by atoms with Crippen LogP contribution in [0.1, 0.15) is 13.8 Å². The molecule has 0 aromatic heterocycles. The van der Waals surface area contributed by atoms with E-state index in [-0.39, 0.29) is 37.7 Å². The topological polar surface area (TPSA) is 46.1 Å². The minimum Gasteiger partial charge on any atom is -0.870 e. The van der Waals surface area contributed by atoms with E-state index in [1.807, 2.05) is 0 Å². The molecule has 0 aliphatic rings. The molecule has 0 unspecified atom stereocenters. The van der Waals surface area contributed by atoms with E-state index in [0.29, 0.717) is 12.1 Å². The molecule has 44 valence electrons. The van der Waals surface area contributed by atoms with Crippen LogP contribution in [0, 0.1) is 0 Å². The van der Waals surface area contributed by atoms with Crippen LogP contribution < -0.4 is 47.3 Å². The van der Waals surface area contributed by atoms with Gasteiger partial charge in [0.1, 0.15) is 0 Å². The van der Waals surface area contributed by atoms with E-state index in [1.54, 1.807) is 13.8 Å². The van der Waals surface area contributed by atoms with Gasteiger partial charge in [0, 0.05) is 0 Å². The van der Waals surface area contributed by atoms with Gasteiger partial charge in [-0.05, 0) is 0 Å². The van der Waals surface area contributed by atoms with Crippen molar-refractivity contribution in [1.29, 1.82) is 0 Å². The van der Waals surface area contributed by atoms with E-state index in [9.17, 15) is 9.59 Å². The van der Waals surface area contributed by atoms with Crippen LogP contribution in [0.25, 0.3) is 0 Å². The van der Waals surface area contributed by atoms with Crippen molar-refractivity contribution in [2.45, 2.75) is 25.9 Å². The molecule has 0 bridgehead atoms. The Balaban J connectivity index is -0.000000180. The molecule has 0 saturated carbocycles. The summed E-state index contributed by atoms with van der Waals surface area (Å²) in [5.41, 5.74) is 0. The standard InChI is InChI=1S/C4H10O2Si.2Li/c1-3-7(5,6)4-2;;/h3-4H2,1-2H3;;/q-2;2*+1. The molecular formula is C4H10Li2O2Si. The molecule has 0 spiro atoms. The fourth-order valence-electron chi connectivity index (χ4n) is 0.250. The van der Waals surface area contributed by atoms with Gasteiger partial charge in [0.15, 0.2) is 0 Å². The Labute approximate surface area is 81.6 Å². The number of hydrogen-bond acceptors (Lipinski definition) is 2. The van der Waals surface area contributed by atoms with Crippen molar-refractivity contribution in [3.63, 3.8) is 0 Å². The van der Waals surface area contributed by atoms with Crippen LogP contribution >= 0.6 is 0 Å². The maximum atomic E-state index is 10.4. The molecule has 9 heavy (non-hydrogen) atoms. The summed E-state index contributed by atoms with van der Waals surface area (Å²) < 4.78 is 0. The van der Waals surface area contributed by atoms with Crippen molar-refractivity contribution in [3.8, 4) is 0 Å². The SMILES string of the molecule is CC[Si]([O-])([O-])CC.[Li+].[Li+]. The van der Waals surface area contributed by atoms with Crippen molar-refractivity contribution < 1.29 is 47.3 Å². The normalized spacial score (nSPS) is 9.33. The molecule has 0 fully saturated rings. The molecule has 0 N–H and O–H groups in total. The van der Waals surface area contributed by atoms with Crippen LogP contribution in [0.2, 0.25) is 12.1 Å². The Hall–Kier alpha value is 1.33. The quantitative estimate of drug-likeness (QED) is 0.350. The molecule has 0 aromatic carbocycles. The van der Waals surface area contributed by atoms with Crippen LogP contribution in [0.15, 0.2) is 0 Å². The molecule has 0 atom stereocenters. The molecule has 2 nitrogen and oxygen atoms in total. The van der Waals surface area contributed by atoms with Gasteiger partial charge in [0.05, 0.1) is 0 Å². The summed E-state index contributed by atoms with van der Waals surface area (Å²) in [5, 5.41) is 0.